The van der Waals surface area contributed by atoms with Crippen molar-refractivity contribution in [2.45, 2.75) is 11.7 Å². The Kier molecular flexibility index (Phi) is 6.90. The van der Waals surface area contributed by atoms with E-state index in [0.29, 0.717) is 27.9 Å². The van der Waals surface area contributed by atoms with Gasteiger partial charge in [0.15, 0.2) is 0 Å². The van der Waals surface area contributed by atoms with Crippen molar-refractivity contribution in [3.63, 3.8) is 0 Å². The molecule has 3 aromatic carbocycles. The summed E-state index contributed by atoms with van der Waals surface area (Å²) in [5, 5.41) is 9.60. The Morgan fingerprint density at radius 2 is 1.86 bits per heavy atom. The molecule has 0 aliphatic heterocycles. The van der Waals surface area contributed by atoms with Crippen LogP contribution in [0.25, 0.3) is 35.2 Å². The molecular formula is C29H20ClF2NO2S. The molecule has 1 atom stereocenters. The van der Waals surface area contributed by atoms with Gasteiger partial charge in [-0.25, -0.2) is 13.8 Å². The number of nitrogens with zero attached hydrogens (tertiary/aromatic N) is 1. The molecule has 1 aromatic heterocycles. The summed E-state index contributed by atoms with van der Waals surface area (Å²) in [6.45, 7) is 0. The summed E-state index contributed by atoms with van der Waals surface area (Å²) < 4.78 is 28.4. The lowest BCUT2D eigenvalue weighted by Crippen LogP contribution is -2.04. The Labute approximate surface area is 216 Å². The first-order chi connectivity index (χ1) is 17.4. The quantitative estimate of drug-likeness (QED) is 0.279. The number of halogens is 3. The van der Waals surface area contributed by atoms with Crippen LogP contribution in [0.1, 0.15) is 45.2 Å². The monoisotopic (exact) mass is 519 g/mol. The molecule has 180 valence electrons. The number of pyridine rings is 1. The maximum Gasteiger partial charge on any atom is 0.304 e. The van der Waals surface area contributed by atoms with Crippen LogP contribution < -0.4 is 0 Å². The first-order valence-corrected chi connectivity index (χ1v) is 12.7. The van der Waals surface area contributed by atoms with Crippen molar-refractivity contribution in [3.8, 4) is 0 Å². The predicted molar refractivity (Wildman–Crippen MR) is 144 cm³/mol. The van der Waals surface area contributed by atoms with Gasteiger partial charge in [-0.2, -0.15) is 0 Å². The largest absolute Gasteiger partial charge is 0.481 e. The van der Waals surface area contributed by atoms with Crippen LogP contribution in [0.15, 0.2) is 60.7 Å². The second-order valence-electron chi connectivity index (χ2n) is 8.39. The number of carboxylic acid groups (broad SMARTS) is 1. The highest BCUT2D eigenvalue weighted by atomic mass is 35.5. The van der Waals surface area contributed by atoms with E-state index in [0.717, 1.165) is 22.3 Å². The maximum absolute atomic E-state index is 14.6. The Balaban J connectivity index is 1.50. The van der Waals surface area contributed by atoms with Crippen LogP contribution >= 0.6 is 23.4 Å². The Bertz CT molecular complexity index is 1550. The molecule has 1 aliphatic carbocycles. The van der Waals surface area contributed by atoms with Gasteiger partial charge in [0.2, 0.25) is 0 Å². The summed E-state index contributed by atoms with van der Waals surface area (Å²) >= 11 is 7.40. The molecule has 3 nitrogen and oxygen atoms in total. The van der Waals surface area contributed by atoms with Gasteiger partial charge in [0.1, 0.15) is 11.6 Å². The van der Waals surface area contributed by atoms with Crippen LogP contribution in [0.2, 0.25) is 5.02 Å². The number of aromatic nitrogens is 1. The first-order valence-electron chi connectivity index (χ1n) is 11.3. The molecule has 1 unspecified atom stereocenters. The van der Waals surface area contributed by atoms with E-state index in [1.807, 2.05) is 48.6 Å². The van der Waals surface area contributed by atoms with Crippen LogP contribution in [0.5, 0.6) is 0 Å². The van der Waals surface area contributed by atoms with Crippen molar-refractivity contribution in [2.75, 3.05) is 5.75 Å². The highest BCUT2D eigenvalue weighted by molar-refractivity contribution is 7.99. The SMILES string of the molecule is O=C(O)CCSC1c2cc(/C=C/c3ccc4cc(F)c(Cl)cc4n3)ccc2C=Cc2c(F)cccc21. The minimum atomic E-state index is -0.863. The molecule has 0 fully saturated rings. The minimum absolute atomic E-state index is 0.0235. The topological polar surface area (TPSA) is 50.2 Å². The third-order valence-electron chi connectivity index (χ3n) is 5.99. The third kappa shape index (κ3) is 5.06. The summed E-state index contributed by atoms with van der Waals surface area (Å²) in [6.07, 6.45) is 7.50. The van der Waals surface area contributed by atoms with Gasteiger partial charge >= 0.3 is 5.97 Å². The van der Waals surface area contributed by atoms with Crippen molar-refractivity contribution >= 4 is 64.5 Å². The molecule has 1 N–H and O–H groups in total. The van der Waals surface area contributed by atoms with Gasteiger partial charge in [0.25, 0.3) is 0 Å². The number of fused-ring (bicyclic) bond motifs is 3. The van der Waals surface area contributed by atoms with Crippen molar-refractivity contribution in [2.24, 2.45) is 0 Å². The lowest BCUT2D eigenvalue weighted by molar-refractivity contribution is -0.136. The second-order valence-corrected chi connectivity index (χ2v) is 10.0. The molecule has 1 aliphatic rings. The minimum Gasteiger partial charge on any atom is -0.481 e. The fraction of sp³-hybridized carbons (Fsp3) is 0.103. The van der Waals surface area contributed by atoms with Crippen LogP contribution in [-0.2, 0) is 4.79 Å². The molecule has 0 bridgehead atoms. The maximum atomic E-state index is 14.6. The average Bonchev–Trinajstić information content (AvgIpc) is 3.01. The molecule has 0 spiro atoms. The average molecular weight is 520 g/mol. The number of thioether (sulfide) groups is 1. The van der Waals surface area contributed by atoms with E-state index >= 15 is 0 Å². The van der Waals surface area contributed by atoms with Crippen molar-refractivity contribution in [1.82, 2.24) is 4.98 Å². The van der Waals surface area contributed by atoms with Crippen molar-refractivity contribution < 1.29 is 18.7 Å². The van der Waals surface area contributed by atoms with Gasteiger partial charge in [-0.05, 0) is 58.7 Å². The van der Waals surface area contributed by atoms with E-state index in [4.69, 9.17) is 16.7 Å². The number of rotatable bonds is 6. The highest BCUT2D eigenvalue weighted by Crippen LogP contribution is 2.43. The van der Waals surface area contributed by atoms with Crippen LogP contribution in [-0.4, -0.2) is 21.8 Å². The molecule has 1 heterocycles. The van der Waals surface area contributed by atoms with E-state index in [1.54, 1.807) is 18.2 Å². The second kappa shape index (κ2) is 10.2. The van der Waals surface area contributed by atoms with Crippen LogP contribution in [0, 0.1) is 11.6 Å². The van der Waals surface area contributed by atoms with E-state index in [-0.39, 0.29) is 22.5 Å². The van der Waals surface area contributed by atoms with Crippen LogP contribution in [0.4, 0.5) is 8.78 Å². The fourth-order valence-corrected chi connectivity index (χ4v) is 5.68. The Morgan fingerprint density at radius 1 is 1.00 bits per heavy atom. The summed E-state index contributed by atoms with van der Waals surface area (Å²) in [4.78, 5) is 15.7. The number of benzene rings is 3. The van der Waals surface area contributed by atoms with E-state index < -0.39 is 11.8 Å². The zero-order chi connectivity index (χ0) is 25.2. The van der Waals surface area contributed by atoms with E-state index in [1.165, 1.54) is 30.0 Å². The molecule has 7 heteroatoms. The van der Waals surface area contributed by atoms with Gasteiger partial charge in [0, 0.05) is 16.7 Å². The Morgan fingerprint density at radius 3 is 2.69 bits per heavy atom. The van der Waals surface area contributed by atoms with Gasteiger partial charge < -0.3 is 5.11 Å². The summed E-state index contributed by atoms with van der Waals surface area (Å²) in [5.41, 5.74) is 5.50. The van der Waals surface area contributed by atoms with Crippen molar-refractivity contribution in [1.29, 1.82) is 0 Å². The zero-order valence-corrected chi connectivity index (χ0v) is 20.5. The summed E-state index contributed by atoms with van der Waals surface area (Å²) in [6, 6.07) is 17.5. The number of aliphatic carboxylic acids is 1. The van der Waals surface area contributed by atoms with Gasteiger partial charge in [-0.1, -0.05) is 60.2 Å². The number of hydrogen-bond acceptors (Lipinski definition) is 3. The number of carbonyl (C=O) groups is 1. The van der Waals surface area contributed by atoms with Gasteiger partial charge in [-0.15, -0.1) is 11.8 Å². The smallest absolute Gasteiger partial charge is 0.304 e. The molecule has 4 aromatic rings. The molecule has 36 heavy (non-hydrogen) atoms. The Hall–Kier alpha value is -3.48. The summed E-state index contributed by atoms with van der Waals surface area (Å²) in [5.74, 6) is -1.24. The van der Waals surface area contributed by atoms with Crippen molar-refractivity contribution in [3.05, 3.63) is 111 Å². The van der Waals surface area contributed by atoms with Gasteiger partial charge in [0.05, 0.1) is 27.9 Å². The predicted octanol–water partition coefficient (Wildman–Crippen LogP) is 8.12. The normalized spacial score (nSPS) is 14.6. The standard InChI is InChI=1S/C29H20ClF2NO2S/c30-24-16-27-19(15-26(24)32)7-10-20(33-27)9-5-17-4-6-18-8-11-21-22(2-1-3-25(21)31)29(23(18)14-17)36-13-12-28(34)35/h1-11,14-16,29H,12-13H2,(H,34,35)/b9-5+. The van der Waals surface area contributed by atoms with Gasteiger partial charge in [-0.3, -0.25) is 4.79 Å². The molecule has 0 saturated heterocycles. The van der Waals surface area contributed by atoms with E-state index in [9.17, 15) is 13.6 Å². The lowest BCUT2D eigenvalue weighted by Gasteiger charge is -2.20. The number of carboxylic acids is 1. The molecule has 0 amide bonds. The molecule has 0 saturated carbocycles. The van der Waals surface area contributed by atoms with E-state index in [2.05, 4.69) is 4.98 Å². The fourth-order valence-electron chi connectivity index (χ4n) is 4.23. The first kappa shape index (κ1) is 24.2. The molecule has 5 rings (SSSR count). The zero-order valence-electron chi connectivity index (χ0n) is 18.9. The molecular weight excluding hydrogens is 500 g/mol. The van der Waals surface area contributed by atoms with Crippen LogP contribution in [0.3, 0.4) is 0 Å². The number of hydrogen-bond donors (Lipinski definition) is 1. The summed E-state index contributed by atoms with van der Waals surface area (Å²) in [7, 11) is 0. The molecule has 0 radical (unpaired) electrons. The lowest BCUT2D eigenvalue weighted by atomic mass is 9.97. The highest BCUT2D eigenvalue weighted by Gasteiger charge is 2.24. The third-order valence-corrected chi connectivity index (χ3v) is 7.56.